The Hall–Kier alpha value is -2.43. The maximum Gasteiger partial charge on any atom is 0.259 e. The van der Waals surface area contributed by atoms with Crippen molar-refractivity contribution in [3.05, 3.63) is 53.5 Å². The molecule has 1 heterocycles. The lowest BCUT2D eigenvalue weighted by Gasteiger charge is -2.09. The quantitative estimate of drug-likeness (QED) is 0.891. The van der Waals surface area contributed by atoms with Crippen molar-refractivity contribution in [2.75, 3.05) is 17.7 Å². The average molecular weight is 259 g/mol. The summed E-state index contributed by atoms with van der Waals surface area (Å²) in [7, 11) is 1.69. The number of hydrogen-bond donors (Lipinski definition) is 2. The predicted octanol–water partition coefficient (Wildman–Crippen LogP) is 2.82. The van der Waals surface area contributed by atoms with E-state index in [9.17, 15) is 9.18 Å². The fourth-order valence-corrected chi connectivity index (χ4v) is 1.79. The van der Waals surface area contributed by atoms with Crippen LogP contribution in [-0.2, 0) is 0 Å². The average Bonchev–Trinajstić information content (AvgIpc) is 2.37. The van der Waals surface area contributed by atoms with Gasteiger partial charge in [-0.25, -0.2) is 9.37 Å². The smallest absolute Gasteiger partial charge is 0.259 e. The molecule has 0 spiro atoms. The number of benzene rings is 1. The third-order valence-corrected chi connectivity index (χ3v) is 2.59. The van der Waals surface area contributed by atoms with Crippen molar-refractivity contribution in [1.29, 1.82) is 0 Å². The van der Waals surface area contributed by atoms with Crippen LogP contribution in [0.15, 0.2) is 36.5 Å². The number of pyridine rings is 1. The SMILES string of the molecule is CNc1ncccc1C(=O)Nc1cc(C)cc(F)c1. The number of aryl methyl sites for hydroxylation is 1. The van der Waals surface area contributed by atoms with Gasteiger partial charge in [0.2, 0.25) is 0 Å². The molecule has 1 amide bonds. The van der Waals surface area contributed by atoms with E-state index in [0.717, 1.165) is 5.56 Å². The van der Waals surface area contributed by atoms with Crippen molar-refractivity contribution in [2.45, 2.75) is 6.92 Å². The second-order valence-corrected chi connectivity index (χ2v) is 4.12. The van der Waals surface area contributed by atoms with Crippen LogP contribution in [0.1, 0.15) is 15.9 Å². The molecule has 4 nitrogen and oxygen atoms in total. The standard InChI is InChI=1S/C14H14FN3O/c1-9-6-10(15)8-11(7-9)18-14(19)12-4-3-5-17-13(12)16-2/h3-8H,1-2H3,(H,16,17)(H,18,19). The van der Waals surface area contributed by atoms with Crippen molar-refractivity contribution < 1.29 is 9.18 Å². The van der Waals surface area contributed by atoms with E-state index in [4.69, 9.17) is 0 Å². The van der Waals surface area contributed by atoms with Crippen LogP contribution in [0.5, 0.6) is 0 Å². The number of halogens is 1. The molecule has 1 aromatic carbocycles. The zero-order valence-electron chi connectivity index (χ0n) is 10.7. The van der Waals surface area contributed by atoms with Crippen LogP contribution in [0.3, 0.4) is 0 Å². The first-order chi connectivity index (χ1) is 9.10. The summed E-state index contributed by atoms with van der Waals surface area (Å²) in [5, 5.41) is 5.49. The van der Waals surface area contributed by atoms with Crippen molar-refractivity contribution in [3.8, 4) is 0 Å². The Morgan fingerprint density at radius 1 is 1.32 bits per heavy atom. The predicted molar refractivity (Wildman–Crippen MR) is 72.9 cm³/mol. The number of carbonyl (C=O) groups is 1. The monoisotopic (exact) mass is 259 g/mol. The van der Waals surface area contributed by atoms with Crippen LogP contribution < -0.4 is 10.6 Å². The summed E-state index contributed by atoms with van der Waals surface area (Å²) in [5.41, 5.74) is 1.58. The number of nitrogens with one attached hydrogen (secondary N) is 2. The fraction of sp³-hybridized carbons (Fsp3) is 0.143. The summed E-state index contributed by atoms with van der Waals surface area (Å²) < 4.78 is 13.3. The fourth-order valence-electron chi connectivity index (χ4n) is 1.79. The maximum absolute atomic E-state index is 13.3. The van der Waals surface area contributed by atoms with E-state index in [1.54, 1.807) is 38.4 Å². The molecule has 0 atom stereocenters. The van der Waals surface area contributed by atoms with Gasteiger partial charge in [0.15, 0.2) is 0 Å². The van der Waals surface area contributed by atoms with E-state index in [1.165, 1.54) is 12.1 Å². The molecule has 0 fully saturated rings. The lowest BCUT2D eigenvalue weighted by molar-refractivity contribution is 0.102. The number of anilines is 2. The Balaban J connectivity index is 2.25. The number of hydrogen-bond acceptors (Lipinski definition) is 3. The van der Waals surface area contributed by atoms with Gasteiger partial charge < -0.3 is 10.6 Å². The lowest BCUT2D eigenvalue weighted by Crippen LogP contribution is -2.14. The highest BCUT2D eigenvalue weighted by molar-refractivity contribution is 6.07. The van der Waals surface area contributed by atoms with Crippen LogP contribution in [-0.4, -0.2) is 17.9 Å². The van der Waals surface area contributed by atoms with Gasteiger partial charge in [-0.05, 0) is 42.8 Å². The molecule has 2 aromatic rings. The lowest BCUT2D eigenvalue weighted by atomic mass is 10.2. The van der Waals surface area contributed by atoms with E-state index >= 15 is 0 Å². The van der Waals surface area contributed by atoms with Crippen molar-refractivity contribution in [3.63, 3.8) is 0 Å². The maximum atomic E-state index is 13.3. The van der Waals surface area contributed by atoms with Gasteiger partial charge in [0, 0.05) is 18.9 Å². The molecule has 1 aromatic heterocycles. The molecule has 0 unspecified atom stereocenters. The zero-order valence-corrected chi connectivity index (χ0v) is 10.7. The molecular weight excluding hydrogens is 245 g/mol. The molecule has 2 rings (SSSR count). The number of carbonyl (C=O) groups excluding carboxylic acids is 1. The second kappa shape index (κ2) is 5.48. The third kappa shape index (κ3) is 3.07. The number of nitrogens with zero attached hydrogens (tertiary/aromatic N) is 1. The van der Waals surface area contributed by atoms with Gasteiger partial charge in [-0.2, -0.15) is 0 Å². The van der Waals surface area contributed by atoms with Gasteiger partial charge in [0.25, 0.3) is 5.91 Å². The van der Waals surface area contributed by atoms with Crippen LogP contribution >= 0.6 is 0 Å². The Morgan fingerprint density at radius 2 is 2.11 bits per heavy atom. The number of amides is 1. The highest BCUT2D eigenvalue weighted by atomic mass is 19.1. The Bertz CT molecular complexity index is 593. The summed E-state index contributed by atoms with van der Waals surface area (Å²) in [6, 6.07) is 7.71. The molecule has 0 aliphatic carbocycles. The minimum atomic E-state index is -0.379. The topological polar surface area (TPSA) is 54.0 Å². The molecule has 0 aliphatic rings. The highest BCUT2D eigenvalue weighted by Crippen LogP contribution is 2.17. The first-order valence-electron chi connectivity index (χ1n) is 5.81. The summed E-state index contributed by atoms with van der Waals surface area (Å²) in [4.78, 5) is 16.2. The minimum absolute atomic E-state index is 0.331. The molecule has 98 valence electrons. The second-order valence-electron chi connectivity index (χ2n) is 4.12. The van der Waals surface area contributed by atoms with Gasteiger partial charge in [-0.1, -0.05) is 0 Å². The van der Waals surface area contributed by atoms with Crippen LogP contribution in [0.2, 0.25) is 0 Å². The summed E-state index contributed by atoms with van der Waals surface area (Å²) >= 11 is 0. The normalized spacial score (nSPS) is 10.1. The van der Waals surface area contributed by atoms with Crippen LogP contribution in [0.25, 0.3) is 0 Å². The zero-order chi connectivity index (χ0) is 13.8. The first kappa shape index (κ1) is 13.0. The van der Waals surface area contributed by atoms with Gasteiger partial charge in [0.05, 0.1) is 5.56 Å². The van der Waals surface area contributed by atoms with Crippen molar-refractivity contribution in [1.82, 2.24) is 4.98 Å². The van der Waals surface area contributed by atoms with E-state index in [0.29, 0.717) is 17.1 Å². The summed E-state index contributed by atoms with van der Waals surface area (Å²) in [6.45, 7) is 1.77. The third-order valence-electron chi connectivity index (χ3n) is 2.59. The number of rotatable bonds is 3. The molecule has 0 saturated heterocycles. The largest absolute Gasteiger partial charge is 0.372 e. The van der Waals surface area contributed by atoms with Gasteiger partial charge >= 0.3 is 0 Å². The Kier molecular flexibility index (Phi) is 3.75. The molecule has 0 aliphatic heterocycles. The molecule has 0 saturated carbocycles. The summed E-state index contributed by atoms with van der Waals surface area (Å²) in [5.74, 6) is -0.231. The van der Waals surface area contributed by atoms with E-state index in [2.05, 4.69) is 15.6 Å². The highest BCUT2D eigenvalue weighted by Gasteiger charge is 2.11. The summed E-state index contributed by atoms with van der Waals surface area (Å²) in [6.07, 6.45) is 1.59. The molecule has 19 heavy (non-hydrogen) atoms. The van der Waals surface area contributed by atoms with Gasteiger partial charge in [-0.3, -0.25) is 4.79 Å². The molecule has 2 N–H and O–H groups in total. The Labute approximate surface area is 110 Å². The first-order valence-corrected chi connectivity index (χ1v) is 5.81. The Morgan fingerprint density at radius 3 is 2.79 bits per heavy atom. The van der Waals surface area contributed by atoms with E-state index in [-0.39, 0.29) is 11.7 Å². The molecule has 0 bridgehead atoms. The van der Waals surface area contributed by atoms with Gasteiger partial charge in [0.1, 0.15) is 11.6 Å². The molecular formula is C14H14FN3O. The van der Waals surface area contributed by atoms with Crippen LogP contribution in [0, 0.1) is 12.7 Å². The minimum Gasteiger partial charge on any atom is -0.372 e. The van der Waals surface area contributed by atoms with E-state index < -0.39 is 0 Å². The number of aromatic nitrogens is 1. The van der Waals surface area contributed by atoms with Crippen LogP contribution in [0.4, 0.5) is 15.9 Å². The van der Waals surface area contributed by atoms with Crippen molar-refractivity contribution >= 4 is 17.4 Å². The van der Waals surface area contributed by atoms with Gasteiger partial charge in [-0.15, -0.1) is 0 Å². The van der Waals surface area contributed by atoms with Crippen molar-refractivity contribution in [2.24, 2.45) is 0 Å². The molecule has 5 heteroatoms. The van der Waals surface area contributed by atoms with E-state index in [1.807, 2.05) is 0 Å². The molecule has 0 radical (unpaired) electrons.